The topological polar surface area (TPSA) is 0 Å². The molecule has 56 valence electrons. The van der Waals surface area contributed by atoms with E-state index in [0.29, 0.717) is 0 Å². The van der Waals surface area contributed by atoms with Gasteiger partial charge < -0.3 is 0 Å². The first kappa shape index (κ1) is 7.74. The molecule has 1 aromatic carbocycles. The Balaban J connectivity index is 3.40. The average molecular weight is 152 g/mol. The number of terminal acetylenes is 1. The summed E-state index contributed by atoms with van der Waals surface area (Å²) in [7, 11) is 0. The maximum absolute atomic E-state index is 12.9. The molecule has 0 saturated carbocycles. The maximum Gasteiger partial charge on any atom is 0.144 e. The van der Waals surface area contributed by atoms with Crippen LogP contribution < -0.4 is 0 Å². The van der Waals surface area contributed by atoms with Crippen molar-refractivity contribution in [3.8, 4) is 12.3 Å². The zero-order valence-corrected chi connectivity index (χ0v) is 5.99. The van der Waals surface area contributed by atoms with Gasteiger partial charge in [0.1, 0.15) is 11.6 Å². The minimum Gasteiger partial charge on any atom is -0.207 e. The van der Waals surface area contributed by atoms with E-state index in [4.69, 9.17) is 6.42 Å². The number of hydrogen-bond acceptors (Lipinski definition) is 0. The summed E-state index contributed by atoms with van der Waals surface area (Å²) in [6, 6.07) is 2.41. The summed E-state index contributed by atoms with van der Waals surface area (Å²) in [6.45, 7) is 1.35. The van der Waals surface area contributed by atoms with E-state index in [0.717, 1.165) is 6.07 Å². The third-order valence-electron chi connectivity index (χ3n) is 1.48. The van der Waals surface area contributed by atoms with E-state index in [9.17, 15) is 8.78 Å². The fourth-order valence-corrected chi connectivity index (χ4v) is 0.773. The molecule has 0 fully saturated rings. The molecule has 1 aromatic rings. The summed E-state index contributed by atoms with van der Waals surface area (Å²) < 4.78 is 25.5. The minimum absolute atomic E-state index is 0.0274. The Morgan fingerprint density at radius 1 is 1.36 bits per heavy atom. The molecule has 0 aliphatic rings. The predicted molar refractivity (Wildman–Crippen MR) is 39.0 cm³/mol. The Bertz CT molecular complexity index is 321. The molecule has 0 aromatic heterocycles. The third-order valence-corrected chi connectivity index (χ3v) is 1.48. The van der Waals surface area contributed by atoms with Crippen LogP contribution in [0.3, 0.4) is 0 Å². The molecule has 11 heavy (non-hydrogen) atoms. The second-order valence-corrected chi connectivity index (χ2v) is 2.18. The molecule has 0 spiro atoms. The summed E-state index contributed by atoms with van der Waals surface area (Å²) in [6.07, 6.45) is 4.96. The molecular formula is C9H6F2. The van der Waals surface area contributed by atoms with Crippen LogP contribution >= 0.6 is 0 Å². The van der Waals surface area contributed by atoms with E-state index in [2.05, 4.69) is 5.92 Å². The second kappa shape index (κ2) is 2.71. The van der Waals surface area contributed by atoms with Crippen molar-refractivity contribution in [2.75, 3.05) is 0 Å². The van der Waals surface area contributed by atoms with Crippen LogP contribution in [0.25, 0.3) is 0 Å². The van der Waals surface area contributed by atoms with Crippen molar-refractivity contribution < 1.29 is 8.78 Å². The monoisotopic (exact) mass is 152 g/mol. The number of rotatable bonds is 0. The van der Waals surface area contributed by atoms with E-state index in [-0.39, 0.29) is 11.1 Å². The first-order valence-corrected chi connectivity index (χ1v) is 3.08. The summed E-state index contributed by atoms with van der Waals surface area (Å²) >= 11 is 0. The van der Waals surface area contributed by atoms with Crippen molar-refractivity contribution in [3.05, 3.63) is 34.9 Å². The summed E-state index contributed by atoms with van der Waals surface area (Å²) in [5.74, 6) is 0.908. The molecule has 0 aliphatic carbocycles. The molecular weight excluding hydrogens is 146 g/mol. The Hall–Kier alpha value is -1.36. The van der Waals surface area contributed by atoms with Crippen LogP contribution in [0, 0.1) is 30.9 Å². The molecule has 0 unspecified atom stereocenters. The quantitative estimate of drug-likeness (QED) is 0.500. The van der Waals surface area contributed by atoms with Gasteiger partial charge in [0.2, 0.25) is 0 Å². The maximum atomic E-state index is 12.9. The first-order valence-electron chi connectivity index (χ1n) is 3.08. The van der Waals surface area contributed by atoms with Crippen molar-refractivity contribution in [1.29, 1.82) is 0 Å². The van der Waals surface area contributed by atoms with Gasteiger partial charge in [0.25, 0.3) is 0 Å². The third kappa shape index (κ3) is 1.22. The summed E-state index contributed by atoms with van der Waals surface area (Å²) in [4.78, 5) is 0. The highest BCUT2D eigenvalue weighted by Crippen LogP contribution is 2.14. The van der Waals surface area contributed by atoms with Gasteiger partial charge in [-0.2, -0.15) is 0 Å². The van der Waals surface area contributed by atoms with Crippen LogP contribution in [0.1, 0.15) is 11.1 Å². The van der Waals surface area contributed by atoms with Crippen LogP contribution in [0.5, 0.6) is 0 Å². The molecule has 0 radical (unpaired) electrons. The van der Waals surface area contributed by atoms with Crippen LogP contribution in [0.4, 0.5) is 8.78 Å². The number of halogens is 2. The first-order chi connectivity index (χ1) is 5.16. The minimum atomic E-state index is -0.646. The molecule has 0 N–H and O–H groups in total. The van der Waals surface area contributed by atoms with Crippen molar-refractivity contribution in [2.45, 2.75) is 6.92 Å². The molecule has 2 heteroatoms. The highest BCUT2D eigenvalue weighted by atomic mass is 19.1. The van der Waals surface area contributed by atoms with Gasteiger partial charge in [-0.3, -0.25) is 0 Å². The van der Waals surface area contributed by atoms with Crippen molar-refractivity contribution >= 4 is 0 Å². The van der Waals surface area contributed by atoms with Gasteiger partial charge in [0, 0.05) is 5.56 Å². The second-order valence-electron chi connectivity index (χ2n) is 2.18. The molecule has 1 rings (SSSR count). The highest BCUT2D eigenvalue weighted by Gasteiger charge is 2.06. The number of benzene rings is 1. The van der Waals surface area contributed by atoms with Crippen molar-refractivity contribution in [1.82, 2.24) is 0 Å². The molecule has 0 nitrogen and oxygen atoms in total. The zero-order chi connectivity index (χ0) is 8.43. The van der Waals surface area contributed by atoms with Gasteiger partial charge >= 0.3 is 0 Å². The van der Waals surface area contributed by atoms with Gasteiger partial charge in [0.05, 0.1) is 5.56 Å². The average Bonchev–Trinajstić information content (AvgIpc) is 2.01. The molecule has 0 atom stereocenters. The van der Waals surface area contributed by atoms with E-state index < -0.39 is 11.6 Å². The van der Waals surface area contributed by atoms with Gasteiger partial charge in [0.15, 0.2) is 0 Å². The lowest BCUT2D eigenvalue weighted by molar-refractivity contribution is 0.566. The van der Waals surface area contributed by atoms with E-state index >= 15 is 0 Å². The Labute approximate surface area is 63.9 Å². The fraction of sp³-hybridized carbons (Fsp3) is 0.111. The molecule has 0 amide bonds. The van der Waals surface area contributed by atoms with Gasteiger partial charge in [-0.15, -0.1) is 6.42 Å². The smallest absolute Gasteiger partial charge is 0.144 e. The lowest BCUT2D eigenvalue weighted by atomic mass is 10.1. The van der Waals surface area contributed by atoms with Crippen molar-refractivity contribution in [2.24, 2.45) is 0 Å². The van der Waals surface area contributed by atoms with Crippen molar-refractivity contribution in [3.63, 3.8) is 0 Å². The highest BCUT2D eigenvalue weighted by molar-refractivity contribution is 5.37. The van der Waals surface area contributed by atoms with Gasteiger partial charge in [-0.25, -0.2) is 8.78 Å². The Morgan fingerprint density at radius 3 is 2.55 bits per heavy atom. The van der Waals surface area contributed by atoms with Gasteiger partial charge in [-0.05, 0) is 19.1 Å². The Morgan fingerprint density at radius 2 is 2.00 bits per heavy atom. The largest absolute Gasteiger partial charge is 0.207 e. The van der Waals surface area contributed by atoms with E-state index in [1.54, 1.807) is 0 Å². The van der Waals surface area contributed by atoms with Gasteiger partial charge in [-0.1, -0.05) is 5.92 Å². The van der Waals surface area contributed by atoms with Crippen LogP contribution in [-0.2, 0) is 0 Å². The zero-order valence-electron chi connectivity index (χ0n) is 5.99. The molecule has 0 saturated heterocycles. The molecule has 0 bridgehead atoms. The summed E-state index contributed by atoms with van der Waals surface area (Å²) in [5.41, 5.74) is 0.0735. The standard InChI is InChI=1S/C9H6F2/c1-3-7-4-5-8(10)6(2)9(7)11/h1,4-5H,2H3. The molecule has 0 aliphatic heterocycles. The Kier molecular flexibility index (Phi) is 1.91. The fourth-order valence-electron chi connectivity index (χ4n) is 0.773. The lowest BCUT2D eigenvalue weighted by Gasteiger charge is -1.99. The lowest BCUT2D eigenvalue weighted by Crippen LogP contribution is -1.91. The summed E-state index contributed by atoms with van der Waals surface area (Å²) in [5, 5.41) is 0. The van der Waals surface area contributed by atoms with E-state index in [1.807, 2.05) is 0 Å². The van der Waals surface area contributed by atoms with Crippen LogP contribution in [-0.4, -0.2) is 0 Å². The normalized spacial score (nSPS) is 9.27. The molecule has 0 heterocycles. The van der Waals surface area contributed by atoms with Crippen LogP contribution in [0.2, 0.25) is 0 Å². The number of hydrogen-bond donors (Lipinski definition) is 0. The van der Waals surface area contributed by atoms with E-state index in [1.165, 1.54) is 13.0 Å². The SMILES string of the molecule is C#Cc1ccc(F)c(C)c1F. The predicted octanol–water partition coefficient (Wildman–Crippen LogP) is 2.25. The van der Waals surface area contributed by atoms with Crippen LogP contribution in [0.15, 0.2) is 12.1 Å².